The molecule has 1 fully saturated rings. The second kappa shape index (κ2) is 9.18. The summed E-state index contributed by atoms with van der Waals surface area (Å²) in [5.74, 6) is 0.215. The highest BCUT2D eigenvalue weighted by Crippen LogP contribution is 2.22. The van der Waals surface area contributed by atoms with Crippen molar-refractivity contribution >= 4 is 5.91 Å². The van der Waals surface area contributed by atoms with E-state index in [-0.39, 0.29) is 11.9 Å². The van der Waals surface area contributed by atoms with Gasteiger partial charge in [-0.05, 0) is 55.2 Å². The molecule has 0 bridgehead atoms. The first kappa shape index (κ1) is 20.2. The fraction of sp³-hybridized carbons (Fsp3) is 0.320. The first-order valence-corrected chi connectivity index (χ1v) is 10.6. The van der Waals surface area contributed by atoms with Gasteiger partial charge in [-0.25, -0.2) is 0 Å². The zero-order valence-electron chi connectivity index (χ0n) is 17.7. The molecule has 0 saturated carbocycles. The molecule has 2 aromatic heterocycles. The van der Waals surface area contributed by atoms with Crippen molar-refractivity contribution in [2.24, 2.45) is 0 Å². The number of rotatable bonds is 6. The van der Waals surface area contributed by atoms with Crippen molar-refractivity contribution in [2.45, 2.75) is 32.9 Å². The molecular weight excluding hydrogens is 372 g/mol. The molecule has 0 spiro atoms. The molecule has 30 heavy (non-hydrogen) atoms. The molecule has 5 heteroatoms. The number of aryl methyl sites for hydroxylation is 1. The van der Waals surface area contributed by atoms with Crippen molar-refractivity contribution in [1.82, 2.24) is 19.8 Å². The highest BCUT2D eigenvalue weighted by Gasteiger charge is 2.34. The van der Waals surface area contributed by atoms with Gasteiger partial charge >= 0.3 is 0 Å². The predicted octanol–water partition coefficient (Wildman–Crippen LogP) is 3.73. The molecule has 3 heterocycles. The van der Waals surface area contributed by atoms with Crippen LogP contribution in [0.5, 0.6) is 0 Å². The lowest BCUT2D eigenvalue weighted by molar-refractivity contribution is -0.141. The Bertz CT molecular complexity index is 988. The van der Waals surface area contributed by atoms with E-state index in [0.29, 0.717) is 13.0 Å². The van der Waals surface area contributed by atoms with Crippen LogP contribution in [0.3, 0.4) is 0 Å². The summed E-state index contributed by atoms with van der Waals surface area (Å²) < 4.78 is 0. The van der Waals surface area contributed by atoms with Gasteiger partial charge < -0.3 is 4.90 Å². The Hall–Kier alpha value is -3.05. The van der Waals surface area contributed by atoms with Crippen LogP contribution in [0, 0.1) is 6.92 Å². The van der Waals surface area contributed by atoms with E-state index in [1.165, 1.54) is 5.56 Å². The summed E-state index contributed by atoms with van der Waals surface area (Å²) in [6.07, 6.45) is 4.35. The Labute approximate surface area is 178 Å². The fourth-order valence-electron chi connectivity index (χ4n) is 4.09. The maximum Gasteiger partial charge on any atom is 0.240 e. The molecule has 1 amide bonds. The molecule has 0 unspecified atom stereocenters. The number of likely N-dealkylation sites (N-methyl/N-ethyl adjacent to an activating group) is 1. The zero-order valence-corrected chi connectivity index (χ0v) is 17.7. The second-order valence-corrected chi connectivity index (χ2v) is 7.82. The number of carbonyl (C=O) groups excluding carboxylic acids is 1. The molecule has 0 aliphatic carbocycles. The van der Waals surface area contributed by atoms with Gasteiger partial charge in [-0.15, -0.1) is 0 Å². The van der Waals surface area contributed by atoms with E-state index in [0.717, 1.165) is 42.1 Å². The minimum Gasteiger partial charge on any atom is -0.340 e. The van der Waals surface area contributed by atoms with Crippen LogP contribution in [0.2, 0.25) is 0 Å². The number of nitrogens with zero attached hydrogens (tertiary/aromatic N) is 4. The molecule has 1 saturated heterocycles. The van der Waals surface area contributed by atoms with Gasteiger partial charge in [0.25, 0.3) is 0 Å². The Balaban J connectivity index is 1.53. The molecule has 154 valence electrons. The number of amides is 1. The number of benzene rings is 1. The third kappa shape index (κ3) is 4.57. The smallest absolute Gasteiger partial charge is 0.240 e. The molecule has 1 atom stereocenters. The van der Waals surface area contributed by atoms with Gasteiger partial charge in [0, 0.05) is 44.3 Å². The summed E-state index contributed by atoms with van der Waals surface area (Å²) in [6, 6.07) is 18.4. The van der Waals surface area contributed by atoms with Gasteiger partial charge in [0.2, 0.25) is 5.91 Å². The molecule has 1 aliphatic heterocycles. The van der Waals surface area contributed by atoms with Crippen molar-refractivity contribution in [3.05, 3.63) is 83.9 Å². The number of pyridine rings is 2. The maximum atomic E-state index is 13.2. The van der Waals surface area contributed by atoms with Crippen LogP contribution in [0.4, 0.5) is 0 Å². The Morgan fingerprint density at radius 2 is 1.83 bits per heavy atom. The lowest BCUT2D eigenvalue weighted by Gasteiger charge is -2.40. The minimum absolute atomic E-state index is 0.162. The first-order valence-electron chi connectivity index (χ1n) is 10.6. The van der Waals surface area contributed by atoms with Gasteiger partial charge in [0.05, 0.1) is 11.7 Å². The Morgan fingerprint density at radius 3 is 2.53 bits per heavy atom. The molecular formula is C25H28N4O. The molecule has 1 aliphatic rings. The van der Waals surface area contributed by atoms with Crippen molar-refractivity contribution in [3.8, 4) is 11.1 Å². The fourth-order valence-corrected chi connectivity index (χ4v) is 4.09. The van der Waals surface area contributed by atoms with E-state index in [1.807, 2.05) is 42.3 Å². The van der Waals surface area contributed by atoms with Crippen LogP contribution in [-0.4, -0.2) is 51.4 Å². The van der Waals surface area contributed by atoms with Crippen molar-refractivity contribution < 1.29 is 4.79 Å². The molecule has 3 aromatic rings. The highest BCUT2D eigenvalue weighted by molar-refractivity contribution is 5.83. The van der Waals surface area contributed by atoms with Crippen LogP contribution in [0.15, 0.2) is 67.0 Å². The van der Waals surface area contributed by atoms with Crippen LogP contribution >= 0.6 is 0 Å². The number of aromatic nitrogens is 2. The number of piperazine rings is 1. The van der Waals surface area contributed by atoms with Crippen molar-refractivity contribution in [1.29, 1.82) is 0 Å². The zero-order chi connectivity index (χ0) is 20.9. The van der Waals surface area contributed by atoms with Gasteiger partial charge in [0.15, 0.2) is 0 Å². The summed E-state index contributed by atoms with van der Waals surface area (Å²) in [5, 5.41) is 0. The summed E-state index contributed by atoms with van der Waals surface area (Å²) in [4.78, 5) is 26.3. The monoisotopic (exact) mass is 400 g/mol. The summed E-state index contributed by atoms with van der Waals surface area (Å²) in [7, 11) is 0. The maximum absolute atomic E-state index is 13.2. The number of hydrogen-bond donors (Lipinski definition) is 0. The van der Waals surface area contributed by atoms with Gasteiger partial charge in [0.1, 0.15) is 0 Å². The van der Waals surface area contributed by atoms with Crippen molar-refractivity contribution in [2.75, 3.05) is 19.6 Å². The number of hydrogen-bond acceptors (Lipinski definition) is 4. The van der Waals surface area contributed by atoms with Crippen LogP contribution in [0.25, 0.3) is 11.1 Å². The standard InChI is InChI=1S/C25H28N4O/c1-3-28-14-15-29(18-23-8-4-6-19(2)27-23)24(25(28)30)16-20-9-11-21(12-10-20)22-7-5-13-26-17-22/h4-13,17,24H,3,14-16,18H2,1-2H3/t24-/m1/s1. The minimum atomic E-state index is -0.162. The van der Waals surface area contributed by atoms with E-state index >= 15 is 0 Å². The largest absolute Gasteiger partial charge is 0.340 e. The Kier molecular flexibility index (Phi) is 6.19. The Morgan fingerprint density at radius 1 is 1.00 bits per heavy atom. The average Bonchev–Trinajstić information content (AvgIpc) is 2.77. The van der Waals surface area contributed by atoms with E-state index in [9.17, 15) is 4.79 Å². The summed E-state index contributed by atoms with van der Waals surface area (Å²) in [5.41, 5.74) is 5.43. The van der Waals surface area contributed by atoms with E-state index in [4.69, 9.17) is 0 Å². The lowest BCUT2D eigenvalue weighted by Crippen LogP contribution is -2.57. The van der Waals surface area contributed by atoms with E-state index in [2.05, 4.69) is 52.1 Å². The van der Waals surface area contributed by atoms with Gasteiger partial charge in [-0.3, -0.25) is 19.7 Å². The van der Waals surface area contributed by atoms with Crippen LogP contribution in [-0.2, 0) is 17.8 Å². The summed E-state index contributed by atoms with van der Waals surface area (Å²) >= 11 is 0. The van der Waals surface area contributed by atoms with E-state index < -0.39 is 0 Å². The molecule has 0 radical (unpaired) electrons. The molecule has 4 rings (SSSR count). The third-order valence-corrected chi connectivity index (χ3v) is 5.77. The third-order valence-electron chi connectivity index (χ3n) is 5.77. The normalized spacial score (nSPS) is 17.3. The lowest BCUT2D eigenvalue weighted by atomic mass is 9.98. The molecule has 0 N–H and O–H groups in total. The van der Waals surface area contributed by atoms with Gasteiger partial charge in [-0.2, -0.15) is 0 Å². The van der Waals surface area contributed by atoms with Crippen molar-refractivity contribution in [3.63, 3.8) is 0 Å². The molecule has 1 aromatic carbocycles. The first-order chi connectivity index (χ1) is 14.6. The molecule has 5 nitrogen and oxygen atoms in total. The quantitative estimate of drug-likeness (QED) is 0.633. The average molecular weight is 401 g/mol. The highest BCUT2D eigenvalue weighted by atomic mass is 16.2. The van der Waals surface area contributed by atoms with Crippen LogP contribution in [0.1, 0.15) is 23.9 Å². The SMILES string of the molecule is CCN1CCN(Cc2cccc(C)n2)[C@H](Cc2ccc(-c3cccnc3)cc2)C1=O. The predicted molar refractivity (Wildman–Crippen MR) is 119 cm³/mol. The summed E-state index contributed by atoms with van der Waals surface area (Å²) in [6.45, 7) is 7.15. The second-order valence-electron chi connectivity index (χ2n) is 7.82. The van der Waals surface area contributed by atoms with Crippen LogP contribution < -0.4 is 0 Å². The topological polar surface area (TPSA) is 49.3 Å². The number of carbonyl (C=O) groups is 1. The van der Waals surface area contributed by atoms with Gasteiger partial charge in [-0.1, -0.05) is 36.4 Å². The van der Waals surface area contributed by atoms with E-state index in [1.54, 1.807) is 6.20 Å².